The molecule has 2 rings (SSSR count). The third-order valence-electron chi connectivity index (χ3n) is 4.14. The fourth-order valence-corrected chi connectivity index (χ4v) is 2.89. The Kier molecular flexibility index (Phi) is 6.70. The molecule has 26 heavy (non-hydrogen) atoms. The van der Waals surface area contributed by atoms with E-state index < -0.39 is 11.7 Å². The molecule has 1 N–H and O–H groups in total. The summed E-state index contributed by atoms with van der Waals surface area (Å²) in [5, 5.41) is 3.56. The molecular formula is C20H27ClN2O3. The molecule has 1 fully saturated rings. The zero-order valence-electron chi connectivity index (χ0n) is 15.8. The minimum absolute atomic E-state index is 0.0302. The lowest BCUT2D eigenvalue weighted by Crippen LogP contribution is -2.47. The van der Waals surface area contributed by atoms with Crippen molar-refractivity contribution in [1.82, 2.24) is 10.2 Å². The van der Waals surface area contributed by atoms with E-state index in [1.54, 1.807) is 17.1 Å². The summed E-state index contributed by atoms with van der Waals surface area (Å²) in [6.07, 6.45) is 4.38. The molecule has 0 spiro atoms. The third kappa shape index (κ3) is 6.37. The van der Waals surface area contributed by atoms with Crippen LogP contribution in [0.5, 0.6) is 0 Å². The van der Waals surface area contributed by atoms with E-state index in [4.69, 9.17) is 16.3 Å². The summed E-state index contributed by atoms with van der Waals surface area (Å²) in [6, 6.07) is 5.74. The van der Waals surface area contributed by atoms with E-state index in [2.05, 4.69) is 5.32 Å². The second-order valence-electron chi connectivity index (χ2n) is 7.59. The fourth-order valence-electron chi connectivity index (χ4n) is 2.70. The Labute approximate surface area is 160 Å². The predicted molar refractivity (Wildman–Crippen MR) is 104 cm³/mol. The van der Waals surface area contributed by atoms with E-state index >= 15 is 0 Å². The quantitative estimate of drug-likeness (QED) is 0.803. The average molecular weight is 379 g/mol. The highest BCUT2D eigenvalue weighted by molar-refractivity contribution is 6.31. The smallest absolute Gasteiger partial charge is 0.407 e. The van der Waals surface area contributed by atoms with Crippen LogP contribution in [0.25, 0.3) is 6.08 Å². The van der Waals surface area contributed by atoms with Crippen molar-refractivity contribution in [2.45, 2.75) is 52.2 Å². The van der Waals surface area contributed by atoms with E-state index in [-0.39, 0.29) is 11.9 Å². The molecule has 0 saturated carbocycles. The van der Waals surface area contributed by atoms with Crippen LogP contribution in [0.1, 0.15) is 44.7 Å². The summed E-state index contributed by atoms with van der Waals surface area (Å²) in [5.74, 6) is -0.0302. The molecule has 1 aromatic carbocycles. The van der Waals surface area contributed by atoms with Gasteiger partial charge in [-0.15, -0.1) is 0 Å². The standard InChI is InChI=1S/C20H27ClN2O3/c1-14-5-6-15(13-17(14)21)7-8-18(24)23-11-9-16(10-12-23)22-19(25)26-20(2,3)4/h5-8,13,16H,9-12H2,1-4H3,(H,22,25)/b8-7+. The lowest BCUT2D eigenvalue weighted by molar-refractivity contribution is -0.127. The highest BCUT2D eigenvalue weighted by Crippen LogP contribution is 2.18. The number of benzene rings is 1. The molecule has 0 bridgehead atoms. The van der Waals surface area contributed by atoms with Crippen LogP contribution in [-0.4, -0.2) is 41.6 Å². The van der Waals surface area contributed by atoms with Crippen LogP contribution < -0.4 is 5.32 Å². The van der Waals surface area contributed by atoms with Crippen LogP contribution >= 0.6 is 11.6 Å². The van der Waals surface area contributed by atoms with Crippen molar-refractivity contribution < 1.29 is 14.3 Å². The van der Waals surface area contributed by atoms with Gasteiger partial charge in [-0.25, -0.2) is 4.79 Å². The molecule has 1 aliphatic heterocycles. The summed E-state index contributed by atoms with van der Waals surface area (Å²) in [4.78, 5) is 25.9. The number of amides is 2. The number of hydrogen-bond acceptors (Lipinski definition) is 3. The summed E-state index contributed by atoms with van der Waals surface area (Å²) < 4.78 is 5.27. The van der Waals surface area contributed by atoms with E-state index in [0.717, 1.165) is 24.0 Å². The molecule has 1 aliphatic rings. The lowest BCUT2D eigenvalue weighted by atomic mass is 10.0. The van der Waals surface area contributed by atoms with Crippen molar-refractivity contribution in [3.05, 3.63) is 40.4 Å². The fraction of sp³-hybridized carbons (Fsp3) is 0.500. The molecule has 0 unspecified atom stereocenters. The van der Waals surface area contributed by atoms with Crippen molar-refractivity contribution in [3.63, 3.8) is 0 Å². The second kappa shape index (κ2) is 8.58. The summed E-state index contributed by atoms with van der Waals surface area (Å²) >= 11 is 6.10. The van der Waals surface area contributed by atoms with Gasteiger partial charge in [0.1, 0.15) is 5.60 Å². The molecule has 5 nitrogen and oxygen atoms in total. The van der Waals surface area contributed by atoms with Gasteiger partial charge >= 0.3 is 6.09 Å². The Morgan fingerprint density at radius 2 is 1.92 bits per heavy atom. The van der Waals surface area contributed by atoms with Crippen molar-refractivity contribution in [1.29, 1.82) is 0 Å². The Hall–Kier alpha value is -2.01. The predicted octanol–water partition coefficient (Wildman–Crippen LogP) is 4.18. The Balaban J connectivity index is 1.81. The summed E-state index contributed by atoms with van der Waals surface area (Å²) in [7, 11) is 0. The van der Waals surface area contributed by atoms with E-state index in [0.29, 0.717) is 18.1 Å². The van der Waals surface area contributed by atoms with Crippen LogP contribution in [0, 0.1) is 6.92 Å². The maximum Gasteiger partial charge on any atom is 0.407 e. The first kappa shape index (κ1) is 20.3. The number of likely N-dealkylation sites (tertiary alicyclic amines) is 1. The van der Waals surface area contributed by atoms with Crippen LogP contribution in [0.15, 0.2) is 24.3 Å². The van der Waals surface area contributed by atoms with Gasteiger partial charge in [0, 0.05) is 30.2 Å². The molecule has 2 amide bonds. The van der Waals surface area contributed by atoms with Crippen molar-refractivity contribution in [3.8, 4) is 0 Å². The zero-order chi connectivity index (χ0) is 19.3. The number of hydrogen-bond donors (Lipinski definition) is 1. The van der Waals surface area contributed by atoms with Crippen LogP contribution in [0.2, 0.25) is 5.02 Å². The normalized spacial score (nSPS) is 16.0. The van der Waals surface area contributed by atoms with Gasteiger partial charge in [-0.3, -0.25) is 4.79 Å². The average Bonchev–Trinajstić information content (AvgIpc) is 2.54. The van der Waals surface area contributed by atoms with Gasteiger partial charge in [0.2, 0.25) is 5.91 Å². The van der Waals surface area contributed by atoms with Crippen LogP contribution in [0.4, 0.5) is 4.79 Å². The maximum absolute atomic E-state index is 12.3. The minimum Gasteiger partial charge on any atom is -0.444 e. The monoisotopic (exact) mass is 378 g/mol. The summed E-state index contributed by atoms with van der Waals surface area (Å²) in [5.41, 5.74) is 1.40. The van der Waals surface area contributed by atoms with Crippen molar-refractivity contribution >= 4 is 29.7 Å². The maximum atomic E-state index is 12.3. The van der Waals surface area contributed by atoms with Gasteiger partial charge in [-0.05, 0) is 63.8 Å². The van der Waals surface area contributed by atoms with E-state index in [9.17, 15) is 9.59 Å². The highest BCUT2D eigenvalue weighted by atomic mass is 35.5. The van der Waals surface area contributed by atoms with E-state index in [1.807, 2.05) is 45.9 Å². The van der Waals surface area contributed by atoms with Crippen LogP contribution in [0.3, 0.4) is 0 Å². The molecule has 0 aromatic heterocycles. The topological polar surface area (TPSA) is 58.6 Å². The second-order valence-corrected chi connectivity index (χ2v) is 7.99. The van der Waals surface area contributed by atoms with Gasteiger partial charge in [-0.2, -0.15) is 0 Å². The first-order valence-electron chi connectivity index (χ1n) is 8.87. The number of alkyl carbamates (subject to hydrolysis) is 1. The first-order valence-corrected chi connectivity index (χ1v) is 9.24. The van der Waals surface area contributed by atoms with Gasteiger partial charge < -0.3 is 15.0 Å². The number of halogens is 1. The number of aryl methyl sites for hydroxylation is 1. The molecule has 1 saturated heterocycles. The van der Waals surface area contributed by atoms with Crippen molar-refractivity contribution in [2.75, 3.05) is 13.1 Å². The molecule has 1 aromatic rings. The SMILES string of the molecule is Cc1ccc(/C=C/C(=O)N2CCC(NC(=O)OC(C)(C)C)CC2)cc1Cl. The highest BCUT2D eigenvalue weighted by Gasteiger charge is 2.24. The Morgan fingerprint density at radius 3 is 2.50 bits per heavy atom. The minimum atomic E-state index is -0.510. The van der Waals surface area contributed by atoms with Gasteiger partial charge in [0.15, 0.2) is 0 Å². The molecule has 6 heteroatoms. The van der Waals surface area contributed by atoms with Gasteiger partial charge in [0.05, 0.1) is 0 Å². The number of carbonyl (C=O) groups excluding carboxylic acids is 2. The number of carbonyl (C=O) groups is 2. The lowest BCUT2D eigenvalue weighted by Gasteiger charge is -2.32. The summed E-state index contributed by atoms with van der Waals surface area (Å²) in [6.45, 7) is 8.66. The zero-order valence-corrected chi connectivity index (χ0v) is 16.6. The molecule has 0 atom stereocenters. The largest absolute Gasteiger partial charge is 0.444 e. The van der Waals surface area contributed by atoms with Crippen molar-refractivity contribution in [2.24, 2.45) is 0 Å². The van der Waals surface area contributed by atoms with Gasteiger partial charge in [-0.1, -0.05) is 23.7 Å². The third-order valence-corrected chi connectivity index (χ3v) is 4.55. The number of ether oxygens (including phenoxy) is 1. The molecular weight excluding hydrogens is 352 g/mol. The van der Waals surface area contributed by atoms with Gasteiger partial charge in [0.25, 0.3) is 0 Å². The molecule has 0 radical (unpaired) electrons. The number of nitrogens with zero attached hydrogens (tertiary/aromatic N) is 1. The molecule has 0 aliphatic carbocycles. The number of piperidine rings is 1. The molecule has 1 heterocycles. The first-order chi connectivity index (χ1) is 12.1. The van der Waals surface area contributed by atoms with Crippen LogP contribution in [-0.2, 0) is 9.53 Å². The Morgan fingerprint density at radius 1 is 1.27 bits per heavy atom. The van der Waals surface area contributed by atoms with E-state index in [1.165, 1.54) is 0 Å². The number of nitrogens with one attached hydrogen (secondary N) is 1. The Bertz CT molecular complexity index is 687. The molecule has 142 valence electrons. The number of rotatable bonds is 3.